The first-order chi connectivity index (χ1) is 14.5. The van der Waals surface area contributed by atoms with Gasteiger partial charge >= 0.3 is 0 Å². The van der Waals surface area contributed by atoms with Crippen molar-refractivity contribution in [3.05, 3.63) is 48.0 Å². The fourth-order valence-corrected chi connectivity index (χ4v) is 3.76. The average molecular weight is 404 g/mol. The van der Waals surface area contributed by atoms with E-state index in [4.69, 9.17) is 9.47 Å². The second-order valence-corrected chi connectivity index (χ2v) is 7.78. The maximum atomic E-state index is 12.6. The molecular formula is C23H24N4O3. The Morgan fingerprint density at radius 1 is 1.23 bits per heavy atom. The Balaban J connectivity index is 1.79. The molecule has 0 aliphatic carbocycles. The minimum atomic E-state index is -0.896. The van der Waals surface area contributed by atoms with Gasteiger partial charge in [0, 0.05) is 0 Å². The van der Waals surface area contributed by atoms with Crippen LogP contribution in [0.4, 0.5) is 5.95 Å². The first-order valence-corrected chi connectivity index (χ1v) is 10.0. The standard InChI is InChI=1S/C23H24N4O3/c1-14(2)10-11-30-19-9-8-15(12-20(19)29-3)21-16(13-24)22(28)26-23-25-17-6-4-5-7-18(17)27(21)23/h4-9,12,14,16,21H,10-11H2,1-3H3,(H,25,26,28)/t16-,21+/m1/s1. The molecule has 7 nitrogen and oxygen atoms in total. The molecular weight excluding hydrogens is 380 g/mol. The third-order valence-electron chi connectivity index (χ3n) is 5.33. The number of aromatic nitrogens is 2. The quantitative estimate of drug-likeness (QED) is 0.667. The van der Waals surface area contributed by atoms with Crippen LogP contribution in [0.5, 0.6) is 11.5 Å². The summed E-state index contributed by atoms with van der Waals surface area (Å²) in [6.45, 7) is 4.88. The number of hydrogen-bond acceptors (Lipinski definition) is 5. The maximum Gasteiger partial charge on any atom is 0.246 e. The summed E-state index contributed by atoms with van der Waals surface area (Å²) in [6, 6.07) is 14.8. The van der Waals surface area contributed by atoms with Crippen LogP contribution in [0.25, 0.3) is 11.0 Å². The van der Waals surface area contributed by atoms with E-state index >= 15 is 0 Å². The molecule has 2 atom stereocenters. The van der Waals surface area contributed by atoms with E-state index in [-0.39, 0.29) is 5.91 Å². The molecule has 1 aliphatic rings. The Bertz CT molecular complexity index is 1130. The molecule has 0 saturated carbocycles. The third-order valence-corrected chi connectivity index (χ3v) is 5.33. The number of nitriles is 1. The molecule has 0 spiro atoms. The third kappa shape index (κ3) is 3.45. The number of imidazole rings is 1. The van der Waals surface area contributed by atoms with Crippen LogP contribution in [-0.2, 0) is 4.79 Å². The number of amides is 1. The van der Waals surface area contributed by atoms with Gasteiger partial charge in [0.1, 0.15) is 0 Å². The monoisotopic (exact) mass is 404 g/mol. The van der Waals surface area contributed by atoms with Crippen LogP contribution in [0.1, 0.15) is 31.9 Å². The van der Waals surface area contributed by atoms with Gasteiger partial charge in [-0.05, 0) is 42.2 Å². The zero-order chi connectivity index (χ0) is 21.3. The number of ether oxygens (including phenoxy) is 2. The summed E-state index contributed by atoms with van der Waals surface area (Å²) in [7, 11) is 1.59. The molecule has 1 amide bonds. The van der Waals surface area contributed by atoms with Crippen molar-refractivity contribution >= 4 is 22.9 Å². The molecule has 154 valence electrons. The van der Waals surface area contributed by atoms with Gasteiger partial charge in [-0.1, -0.05) is 32.0 Å². The minimum absolute atomic E-state index is 0.360. The van der Waals surface area contributed by atoms with Crippen molar-refractivity contribution in [2.45, 2.75) is 26.3 Å². The van der Waals surface area contributed by atoms with Gasteiger partial charge in [0.15, 0.2) is 17.4 Å². The molecule has 7 heteroatoms. The fraction of sp³-hybridized carbons (Fsp3) is 0.348. The molecule has 4 rings (SSSR count). The fourth-order valence-electron chi connectivity index (χ4n) is 3.76. The Kier molecular flexibility index (Phi) is 5.32. The van der Waals surface area contributed by atoms with Crippen molar-refractivity contribution in [3.8, 4) is 17.6 Å². The Morgan fingerprint density at radius 2 is 2.03 bits per heavy atom. The summed E-state index contributed by atoms with van der Waals surface area (Å²) in [4.78, 5) is 17.2. The zero-order valence-electron chi connectivity index (χ0n) is 17.3. The van der Waals surface area contributed by atoms with Crippen LogP contribution in [-0.4, -0.2) is 29.2 Å². The predicted molar refractivity (Wildman–Crippen MR) is 114 cm³/mol. The molecule has 1 N–H and O–H groups in total. The van der Waals surface area contributed by atoms with E-state index < -0.39 is 12.0 Å². The van der Waals surface area contributed by atoms with Crippen LogP contribution in [0, 0.1) is 23.2 Å². The number of fused-ring (bicyclic) bond motifs is 3. The van der Waals surface area contributed by atoms with Crippen LogP contribution in [0.3, 0.4) is 0 Å². The van der Waals surface area contributed by atoms with E-state index in [9.17, 15) is 10.1 Å². The minimum Gasteiger partial charge on any atom is -0.493 e. The summed E-state index contributed by atoms with van der Waals surface area (Å²) < 4.78 is 13.4. The number of carbonyl (C=O) groups excluding carboxylic acids is 1. The number of anilines is 1. The zero-order valence-corrected chi connectivity index (χ0v) is 17.3. The molecule has 1 aliphatic heterocycles. The summed E-state index contributed by atoms with van der Waals surface area (Å²) >= 11 is 0. The largest absolute Gasteiger partial charge is 0.493 e. The number of para-hydroxylation sites is 2. The van der Waals surface area contributed by atoms with Crippen LogP contribution < -0.4 is 14.8 Å². The number of carbonyl (C=O) groups is 1. The lowest BCUT2D eigenvalue weighted by Gasteiger charge is -2.30. The van der Waals surface area contributed by atoms with Crippen LogP contribution in [0.2, 0.25) is 0 Å². The summed E-state index contributed by atoms with van der Waals surface area (Å²) in [5, 5.41) is 12.5. The molecule has 0 saturated heterocycles. The Labute approximate surface area is 175 Å². The highest BCUT2D eigenvalue weighted by molar-refractivity contribution is 5.97. The van der Waals surface area contributed by atoms with Gasteiger partial charge in [-0.15, -0.1) is 0 Å². The maximum absolute atomic E-state index is 12.6. The number of nitrogens with zero attached hydrogens (tertiary/aromatic N) is 3. The van der Waals surface area contributed by atoms with Gasteiger partial charge in [-0.3, -0.25) is 10.1 Å². The molecule has 3 aromatic rings. The number of methoxy groups -OCH3 is 1. The van der Waals surface area contributed by atoms with Gasteiger partial charge in [-0.2, -0.15) is 5.26 Å². The topological polar surface area (TPSA) is 89.2 Å². The van der Waals surface area contributed by atoms with Crippen molar-refractivity contribution in [1.82, 2.24) is 9.55 Å². The first-order valence-electron chi connectivity index (χ1n) is 10.0. The molecule has 1 aromatic heterocycles. The van der Waals surface area contributed by atoms with E-state index in [1.807, 2.05) is 47.0 Å². The predicted octanol–water partition coefficient (Wildman–Crippen LogP) is 4.15. The average Bonchev–Trinajstić information content (AvgIpc) is 3.10. The molecule has 2 heterocycles. The second kappa shape index (κ2) is 8.07. The Morgan fingerprint density at radius 3 is 2.77 bits per heavy atom. The van der Waals surface area contributed by atoms with Gasteiger partial charge in [-0.25, -0.2) is 4.98 Å². The van der Waals surface area contributed by atoms with Gasteiger partial charge in [0.2, 0.25) is 11.9 Å². The number of benzene rings is 2. The molecule has 30 heavy (non-hydrogen) atoms. The van der Waals surface area contributed by atoms with E-state index in [2.05, 4.69) is 30.2 Å². The highest BCUT2D eigenvalue weighted by Gasteiger charge is 2.39. The highest BCUT2D eigenvalue weighted by Crippen LogP contribution is 2.40. The molecule has 2 aromatic carbocycles. The van der Waals surface area contributed by atoms with Gasteiger partial charge in [0.25, 0.3) is 0 Å². The number of rotatable bonds is 6. The van der Waals surface area contributed by atoms with Crippen molar-refractivity contribution in [1.29, 1.82) is 5.26 Å². The first kappa shape index (κ1) is 19.8. The summed E-state index contributed by atoms with van der Waals surface area (Å²) in [5.74, 6) is 0.944. The lowest BCUT2D eigenvalue weighted by molar-refractivity contribution is -0.119. The number of nitrogens with one attached hydrogen (secondary N) is 1. The highest BCUT2D eigenvalue weighted by atomic mass is 16.5. The van der Waals surface area contributed by atoms with Crippen molar-refractivity contribution in [3.63, 3.8) is 0 Å². The molecule has 0 radical (unpaired) electrons. The van der Waals surface area contributed by atoms with Gasteiger partial charge in [0.05, 0.1) is 36.9 Å². The molecule has 0 unspecified atom stereocenters. The van der Waals surface area contributed by atoms with Crippen LogP contribution >= 0.6 is 0 Å². The van der Waals surface area contributed by atoms with E-state index in [0.29, 0.717) is 30.0 Å². The smallest absolute Gasteiger partial charge is 0.246 e. The van der Waals surface area contributed by atoms with Crippen molar-refractivity contribution in [2.24, 2.45) is 11.8 Å². The Hall–Kier alpha value is -3.53. The summed E-state index contributed by atoms with van der Waals surface area (Å²) in [6.07, 6.45) is 0.939. The normalized spacial score (nSPS) is 18.0. The van der Waals surface area contributed by atoms with Crippen LogP contribution in [0.15, 0.2) is 42.5 Å². The van der Waals surface area contributed by atoms with Gasteiger partial charge < -0.3 is 14.0 Å². The van der Waals surface area contributed by atoms with E-state index in [0.717, 1.165) is 23.0 Å². The van der Waals surface area contributed by atoms with E-state index in [1.54, 1.807) is 7.11 Å². The van der Waals surface area contributed by atoms with E-state index in [1.165, 1.54) is 0 Å². The molecule has 0 bridgehead atoms. The molecule has 0 fully saturated rings. The van der Waals surface area contributed by atoms with Crippen molar-refractivity contribution < 1.29 is 14.3 Å². The number of hydrogen-bond donors (Lipinski definition) is 1. The second-order valence-electron chi connectivity index (χ2n) is 7.78. The van der Waals surface area contributed by atoms with Crippen molar-refractivity contribution in [2.75, 3.05) is 19.0 Å². The summed E-state index contributed by atoms with van der Waals surface area (Å²) in [5.41, 5.74) is 2.40. The SMILES string of the molecule is COc1cc([C@H]2[C@@H](C#N)C(=O)Nc3nc4ccccc4n32)ccc1OCCC(C)C. The lowest BCUT2D eigenvalue weighted by Crippen LogP contribution is -2.37. The lowest BCUT2D eigenvalue weighted by atomic mass is 9.91.